The molecular formula is C24H25N3O4S. The van der Waals surface area contributed by atoms with Gasteiger partial charge in [-0.25, -0.2) is 0 Å². The summed E-state index contributed by atoms with van der Waals surface area (Å²) < 4.78 is 7.25. The van der Waals surface area contributed by atoms with Gasteiger partial charge < -0.3 is 19.7 Å². The van der Waals surface area contributed by atoms with Crippen molar-refractivity contribution >= 4 is 23.5 Å². The lowest BCUT2D eigenvalue weighted by atomic mass is 9.86. The van der Waals surface area contributed by atoms with Gasteiger partial charge in [-0.1, -0.05) is 47.7 Å². The summed E-state index contributed by atoms with van der Waals surface area (Å²) in [7, 11) is 1.80. The van der Waals surface area contributed by atoms with Crippen molar-refractivity contribution in [3.05, 3.63) is 75.1 Å². The van der Waals surface area contributed by atoms with Crippen LogP contribution in [0.4, 0.5) is 5.82 Å². The number of phenolic OH excluding ortho intramolecular Hbond substituents is 1. The number of fused-ring (bicyclic) bond motifs is 1. The number of ether oxygens (including phenoxy) is 1. The van der Waals surface area contributed by atoms with Crippen LogP contribution >= 0.6 is 11.8 Å². The molecule has 4 rings (SSSR count). The number of phenols is 1. The Morgan fingerprint density at radius 1 is 1.25 bits per heavy atom. The Morgan fingerprint density at radius 3 is 2.81 bits per heavy atom. The lowest BCUT2D eigenvalue weighted by Gasteiger charge is -2.27. The highest BCUT2D eigenvalue weighted by Gasteiger charge is 2.32. The summed E-state index contributed by atoms with van der Waals surface area (Å²) >= 11 is 1.45. The molecule has 0 radical (unpaired) electrons. The minimum absolute atomic E-state index is 0.0185. The molecule has 1 amide bonds. The third kappa shape index (κ3) is 4.36. The van der Waals surface area contributed by atoms with Crippen LogP contribution in [-0.2, 0) is 17.6 Å². The zero-order chi connectivity index (χ0) is 22.8. The topological polar surface area (TPSA) is 93.5 Å². The van der Waals surface area contributed by atoms with Crippen molar-refractivity contribution in [2.75, 3.05) is 11.9 Å². The first-order chi connectivity index (χ1) is 15.4. The zero-order valence-corrected chi connectivity index (χ0v) is 19.0. The third-order valence-corrected chi connectivity index (χ3v) is 6.54. The van der Waals surface area contributed by atoms with Gasteiger partial charge in [-0.15, -0.1) is 0 Å². The average Bonchev–Trinajstić information content (AvgIpc) is 2.76. The van der Waals surface area contributed by atoms with Gasteiger partial charge >= 0.3 is 0 Å². The molecule has 8 heteroatoms. The number of aromatic hydroxyl groups is 1. The van der Waals surface area contributed by atoms with Crippen LogP contribution in [0.5, 0.6) is 11.5 Å². The van der Waals surface area contributed by atoms with Crippen molar-refractivity contribution in [3.8, 4) is 11.5 Å². The number of carbonyl (C=O) groups excluding carboxylic acids is 1. The summed E-state index contributed by atoms with van der Waals surface area (Å²) in [4.78, 5) is 30.0. The predicted molar refractivity (Wildman–Crippen MR) is 125 cm³/mol. The summed E-state index contributed by atoms with van der Waals surface area (Å²) in [6.07, 6.45) is 0.121. The number of hydrogen-bond acceptors (Lipinski definition) is 6. The van der Waals surface area contributed by atoms with Crippen LogP contribution < -0.4 is 15.6 Å². The van der Waals surface area contributed by atoms with E-state index in [0.717, 1.165) is 11.1 Å². The van der Waals surface area contributed by atoms with Gasteiger partial charge in [0.25, 0.3) is 5.56 Å². The number of benzene rings is 2. The Bertz CT molecular complexity index is 1240. The fraction of sp³-hybridized carbons (Fsp3) is 0.292. The monoisotopic (exact) mass is 451 g/mol. The highest BCUT2D eigenvalue weighted by molar-refractivity contribution is 7.98. The highest BCUT2D eigenvalue weighted by Crippen LogP contribution is 2.39. The molecule has 32 heavy (non-hydrogen) atoms. The van der Waals surface area contributed by atoms with Crippen LogP contribution in [0.15, 0.2) is 52.4 Å². The van der Waals surface area contributed by atoms with Gasteiger partial charge in [-0.05, 0) is 37.1 Å². The molecule has 7 nitrogen and oxygen atoms in total. The Kier molecular flexibility index (Phi) is 6.23. The van der Waals surface area contributed by atoms with Crippen molar-refractivity contribution in [2.45, 2.75) is 37.1 Å². The number of rotatable bonds is 6. The average molecular weight is 452 g/mol. The quantitative estimate of drug-likeness (QED) is 0.435. The largest absolute Gasteiger partial charge is 0.504 e. The van der Waals surface area contributed by atoms with Crippen molar-refractivity contribution < 1.29 is 14.6 Å². The molecule has 0 spiro atoms. The zero-order valence-electron chi connectivity index (χ0n) is 18.2. The van der Waals surface area contributed by atoms with Crippen LogP contribution in [0.1, 0.15) is 41.5 Å². The number of aryl methyl sites for hydroxylation is 1. The van der Waals surface area contributed by atoms with Crippen molar-refractivity contribution in [2.24, 2.45) is 7.05 Å². The molecule has 2 aromatic carbocycles. The molecular weight excluding hydrogens is 426 g/mol. The SMILES string of the molecule is CCOc1cc(C2CC(=O)Nc3c2c(=O)nc(SCc2cccc(C)c2)n3C)ccc1O. The minimum Gasteiger partial charge on any atom is -0.504 e. The fourth-order valence-corrected chi connectivity index (χ4v) is 4.83. The second kappa shape index (κ2) is 9.08. The predicted octanol–water partition coefficient (Wildman–Crippen LogP) is 3.96. The van der Waals surface area contributed by atoms with Crippen molar-refractivity contribution in [3.63, 3.8) is 0 Å². The molecule has 0 bridgehead atoms. The van der Waals surface area contributed by atoms with Crippen LogP contribution in [0.25, 0.3) is 0 Å². The van der Waals surface area contributed by atoms with E-state index >= 15 is 0 Å². The number of anilines is 1. The fourth-order valence-electron chi connectivity index (χ4n) is 3.92. The van der Waals surface area contributed by atoms with E-state index in [-0.39, 0.29) is 23.6 Å². The second-order valence-corrected chi connectivity index (χ2v) is 8.71. The molecule has 2 N–H and O–H groups in total. The molecule has 1 atom stereocenters. The Morgan fingerprint density at radius 2 is 2.06 bits per heavy atom. The van der Waals surface area contributed by atoms with Crippen molar-refractivity contribution in [1.82, 2.24) is 9.55 Å². The second-order valence-electron chi connectivity index (χ2n) is 7.76. The molecule has 1 unspecified atom stereocenters. The van der Waals surface area contributed by atoms with E-state index in [0.29, 0.717) is 34.6 Å². The molecule has 1 aliphatic heterocycles. The summed E-state index contributed by atoms with van der Waals surface area (Å²) in [6, 6.07) is 13.1. The Balaban J connectivity index is 1.71. The first kappa shape index (κ1) is 22.0. The first-order valence-electron chi connectivity index (χ1n) is 10.4. The maximum absolute atomic E-state index is 13.1. The summed E-state index contributed by atoms with van der Waals surface area (Å²) in [6.45, 7) is 4.26. The summed E-state index contributed by atoms with van der Waals surface area (Å²) in [5, 5.41) is 13.4. The standard InChI is InChI=1S/C24H25N3O4S/c1-4-31-19-11-16(8-9-18(19)28)17-12-20(29)25-22-21(17)23(30)26-24(27(22)3)32-13-15-7-5-6-14(2)10-15/h5-11,17,28H,4,12-13H2,1-3H3,(H,25,29). The van der Waals surface area contributed by atoms with Crippen LogP contribution in [0.2, 0.25) is 0 Å². The van der Waals surface area contributed by atoms with Gasteiger partial charge in [-0.3, -0.25) is 9.59 Å². The molecule has 0 saturated heterocycles. The number of hydrogen-bond donors (Lipinski definition) is 2. The molecule has 1 aliphatic rings. The van der Waals surface area contributed by atoms with E-state index in [4.69, 9.17) is 4.74 Å². The normalized spacial score (nSPS) is 15.2. The van der Waals surface area contributed by atoms with Gasteiger partial charge in [0, 0.05) is 25.1 Å². The number of nitrogens with zero attached hydrogens (tertiary/aromatic N) is 2. The molecule has 0 fully saturated rings. The van der Waals surface area contributed by atoms with Crippen molar-refractivity contribution in [1.29, 1.82) is 0 Å². The van der Waals surface area contributed by atoms with Gasteiger partial charge in [0.2, 0.25) is 5.91 Å². The maximum Gasteiger partial charge on any atom is 0.279 e. The van der Waals surface area contributed by atoms with Gasteiger partial charge in [-0.2, -0.15) is 4.98 Å². The van der Waals surface area contributed by atoms with E-state index in [1.165, 1.54) is 23.4 Å². The van der Waals surface area contributed by atoms with E-state index in [9.17, 15) is 14.7 Å². The Labute approximate surface area is 190 Å². The number of amides is 1. The number of carbonyl (C=O) groups is 1. The number of aromatic nitrogens is 2. The lowest BCUT2D eigenvalue weighted by molar-refractivity contribution is -0.116. The molecule has 0 aliphatic carbocycles. The molecule has 0 saturated carbocycles. The van der Waals surface area contributed by atoms with Gasteiger partial charge in [0.05, 0.1) is 12.2 Å². The molecule has 2 heterocycles. The Hall–Kier alpha value is -3.26. The van der Waals surface area contributed by atoms with E-state index in [1.54, 1.807) is 23.7 Å². The smallest absolute Gasteiger partial charge is 0.279 e. The van der Waals surface area contributed by atoms with Gasteiger partial charge in [0.1, 0.15) is 5.82 Å². The van der Waals surface area contributed by atoms with E-state index in [1.807, 2.05) is 32.0 Å². The molecule has 3 aromatic rings. The van der Waals surface area contributed by atoms with Gasteiger partial charge in [0.15, 0.2) is 16.7 Å². The molecule has 166 valence electrons. The minimum atomic E-state index is -0.472. The van der Waals surface area contributed by atoms with E-state index in [2.05, 4.69) is 16.4 Å². The van der Waals surface area contributed by atoms with Crippen LogP contribution in [0, 0.1) is 6.92 Å². The summed E-state index contributed by atoms with van der Waals surface area (Å²) in [5.41, 5.74) is 3.12. The first-order valence-corrected chi connectivity index (χ1v) is 11.4. The third-order valence-electron chi connectivity index (χ3n) is 5.44. The molecule has 1 aromatic heterocycles. The van der Waals surface area contributed by atoms with Crippen LogP contribution in [-0.4, -0.2) is 27.2 Å². The highest BCUT2D eigenvalue weighted by atomic mass is 32.2. The van der Waals surface area contributed by atoms with E-state index < -0.39 is 5.92 Å². The number of nitrogens with one attached hydrogen (secondary N) is 1. The maximum atomic E-state index is 13.1. The lowest BCUT2D eigenvalue weighted by Crippen LogP contribution is -2.33. The number of thioether (sulfide) groups is 1. The summed E-state index contributed by atoms with van der Waals surface area (Å²) in [5.74, 6) is 0.819. The van der Waals surface area contributed by atoms with Crippen LogP contribution in [0.3, 0.4) is 0 Å².